The molecule has 0 amide bonds. The van der Waals surface area contributed by atoms with E-state index in [4.69, 9.17) is 0 Å². The van der Waals surface area contributed by atoms with Gasteiger partial charge >= 0.3 is 5.69 Å². The minimum absolute atomic E-state index is 0.0161. The highest BCUT2D eigenvalue weighted by Gasteiger charge is 2.44. The van der Waals surface area contributed by atoms with Crippen molar-refractivity contribution >= 4 is 11.0 Å². The van der Waals surface area contributed by atoms with Crippen LogP contribution in [0.2, 0.25) is 0 Å². The first-order valence-electron chi connectivity index (χ1n) is 14.9. The van der Waals surface area contributed by atoms with Crippen LogP contribution in [0.1, 0.15) is 77.2 Å². The van der Waals surface area contributed by atoms with Crippen LogP contribution in [-0.4, -0.2) is 47.8 Å². The lowest BCUT2D eigenvalue weighted by molar-refractivity contribution is -0.0338. The average Bonchev–Trinajstić information content (AvgIpc) is 2.91. The average molecular weight is 531 g/mol. The highest BCUT2D eigenvalue weighted by atomic mass is 16.2. The molecule has 9 heteroatoms. The third kappa shape index (κ3) is 4.48. The van der Waals surface area contributed by atoms with Gasteiger partial charge in [-0.05, 0) is 80.8 Å². The van der Waals surface area contributed by atoms with Crippen molar-refractivity contribution in [2.75, 3.05) is 6.54 Å². The third-order valence-corrected chi connectivity index (χ3v) is 10.3. The number of fused-ring (bicyclic) bond motifs is 5. The molecule has 1 aromatic carbocycles. The molecule has 0 spiro atoms. The van der Waals surface area contributed by atoms with Crippen molar-refractivity contribution in [1.82, 2.24) is 29.2 Å². The van der Waals surface area contributed by atoms with E-state index in [-0.39, 0.29) is 17.4 Å². The summed E-state index contributed by atoms with van der Waals surface area (Å²) in [7, 11) is 0. The van der Waals surface area contributed by atoms with Crippen molar-refractivity contribution in [3.05, 3.63) is 61.7 Å². The van der Waals surface area contributed by atoms with Gasteiger partial charge in [-0.2, -0.15) is 9.78 Å². The Kier molecular flexibility index (Phi) is 6.29. The minimum atomic E-state index is -0.758. The summed E-state index contributed by atoms with van der Waals surface area (Å²) in [6.07, 6.45) is 13.8. The van der Waals surface area contributed by atoms with E-state index in [0.29, 0.717) is 23.5 Å². The molecule has 1 N–H and O–H groups in total. The Labute approximate surface area is 227 Å². The Balaban J connectivity index is 1.24. The lowest BCUT2D eigenvalue weighted by Crippen LogP contribution is -2.57. The number of hydrogen-bond donors (Lipinski definition) is 1. The fourth-order valence-electron chi connectivity index (χ4n) is 8.68. The van der Waals surface area contributed by atoms with Gasteiger partial charge in [0.2, 0.25) is 5.82 Å². The van der Waals surface area contributed by atoms with Crippen LogP contribution >= 0.6 is 0 Å². The predicted octanol–water partition coefficient (Wildman–Crippen LogP) is 3.65. The van der Waals surface area contributed by atoms with E-state index in [1.807, 2.05) is 28.8 Å². The number of hydrogen-bond acceptors (Lipinski definition) is 6. The van der Waals surface area contributed by atoms with E-state index < -0.39 is 11.2 Å². The summed E-state index contributed by atoms with van der Waals surface area (Å²) in [5.74, 6) is 3.18. The van der Waals surface area contributed by atoms with Crippen molar-refractivity contribution in [2.24, 2.45) is 23.7 Å². The van der Waals surface area contributed by atoms with Crippen molar-refractivity contribution in [1.29, 1.82) is 0 Å². The van der Waals surface area contributed by atoms with Crippen molar-refractivity contribution in [3.63, 3.8) is 0 Å². The summed E-state index contributed by atoms with van der Waals surface area (Å²) in [6.45, 7) is 3.59. The second-order valence-corrected chi connectivity index (χ2v) is 12.8. The van der Waals surface area contributed by atoms with E-state index in [0.717, 1.165) is 47.0 Å². The summed E-state index contributed by atoms with van der Waals surface area (Å²) in [5, 5.41) is 3.95. The molecule has 4 fully saturated rings. The molecule has 206 valence electrons. The summed E-state index contributed by atoms with van der Waals surface area (Å²) in [6, 6.07) is 8.55. The van der Waals surface area contributed by atoms with E-state index in [1.165, 1.54) is 57.9 Å². The van der Waals surface area contributed by atoms with Gasteiger partial charge in [-0.15, -0.1) is 0 Å². The quantitative estimate of drug-likeness (QED) is 0.552. The Bertz CT molecular complexity index is 1550. The maximum absolute atomic E-state index is 14.0. The van der Waals surface area contributed by atoms with Crippen LogP contribution in [-0.2, 0) is 0 Å². The molecule has 2 saturated carbocycles. The summed E-state index contributed by atoms with van der Waals surface area (Å²) in [5.41, 5.74) is -0.270. The van der Waals surface area contributed by atoms with Gasteiger partial charge in [0, 0.05) is 24.7 Å². The first-order valence-corrected chi connectivity index (χ1v) is 14.9. The molecule has 7 rings (SSSR count). The SMILES string of the molecule is C[C@@H]1CC[C@H]2C[C@@H](n3c(=O)c(-n4ncc(=O)[nH]c4=O)nc4ccccc43)C[C@@H]1N2CC1C[C@H]2CCC[C@@H](C1)C2. The molecule has 3 aromatic rings. The van der Waals surface area contributed by atoms with Gasteiger partial charge in [0.25, 0.3) is 11.1 Å². The first kappa shape index (κ1) is 24.9. The standard InChI is InChI=1S/C30H38N6O3/c1-18-9-10-22-14-23(15-26(18)34(22)17-21-12-19-5-4-6-20(11-19)13-21)35-25-8-3-2-7-24(25)32-28(29(35)38)36-30(39)33-27(37)16-31-36/h2-3,7-8,16,18-23,26H,4-6,9-15,17H2,1H3,(H,33,37,39)/t18-,19-,20+,21?,22+,23-,26+/m1/s1. The first-order chi connectivity index (χ1) is 18.9. The Morgan fingerprint density at radius 2 is 1.72 bits per heavy atom. The zero-order valence-electron chi connectivity index (χ0n) is 22.7. The minimum Gasteiger partial charge on any atom is -0.300 e. The zero-order chi connectivity index (χ0) is 26.7. The van der Waals surface area contributed by atoms with Crippen LogP contribution in [0.25, 0.3) is 16.9 Å². The molecule has 2 saturated heterocycles. The number of aromatic amines is 1. The van der Waals surface area contributed by atoms with Gasteiger partial charge in [0.15, 0.2) is 0 Å². The number of aromatic nitrogens is 5. The molecule has 2 aliphatic carbocycles. The topological polar surface area (TPSA) is 106 Å². The molecule has 1 unspecified atom stereocenters. The van der Waals surface area contributed by atoms with E-state index in [2.05, 4.69) is 26.9 Å². The number of nitrogens with zero attached hydrogens (tertiary/aromatic N) is 5. The van der Waals surface area contributed by atoms with Crippen LogP contribution < -0.4 is 16.8 Å². The van der Waals surface area contributed by atoms with Crippen LogP contribution in [0, 0.1) is 23.7 Å². The molecule has 2 aromatic heterocycles. The number of para-hydroxylation sites is 2. The summed E-state index contributed by atoms with van der Waals surface area (Å²) in [4.78, 5) is 47.8. The Hall–Kier alpha value is -3.07. The second-order valence-electron chi connectivity index (χ2n) is 12.8. The van der Waals surface area contributed by atoms with Gasteiger partial charge in [-0.1, -0.05) is 38.3 Å². The highest BCUT2D eigenvalue weighted by Crippen LogP contribution is 2.46. The van der Waals surface area contributed by atoms with Crippen molar-refractivity contribution < 1.29 is 0 Å². The van der Waals surface area contributed by atoms with E-state index in [9.17, 15) is 14.4 Å². The van der Waals surface area contributed by atoms with Gasteiger partial charge < -0.3 is 4.57 Å². The molecule has 9 nitrogen and oxygen atoms in total. The molecule has 4 heterocycles. The molecule has 4 bridgehead atoms. The van der Waals surface area contributed by atoms with E-state index in [1.54, 1.807) is 0 Å². The lowest BCUT2D eigenvalue weighted by atomic mass is 9.67. The monoisotopic (exact) mass is 530 g/mol. The van der Waals surface area contributed by atoms with Gasteiger partial charge in [0.05, 0.1) is 11.0 Å². The van der Waals surface area contributed by atoms with Crippen LogP contribution in [0.5, 0.6) is 0 Å². The molecule has 4 aliphatic rings. The van der Waals surface area contributed by atoms with Crippen molar-refractivity contribution in [2.45, 2.75) is 89.3 Å². The van der Waals surface area contributed by atoms with Gasteiger partial charge in [-0.25, -0.2) is 9.78 Å². The Morgan fingerprint density at radius 3 is 2.51 bits per heavy atom. The smallest absolute Gasteiger partial charge is 0.300 e. The van der Waals surface area contributed by atoms with Gasteiger partial charge in [0.1, 0.15) is 6.20 Å². The largest absolute Gasteiger partial charge is 0.351 e. The van der Waals surface area contributed by atoms with Crippen molar-refractivity contribution in [3.8, 4) is 5.82 Å². The summed E-state index contributed by atoms with van der Waals surface area (Å²) < 4.78 is 2.79. The maximum Gasteiger partial charge on any atom is 0.351 e. The second kappa shape index (κ2) is 9.84. The maximum atomic E-state index is 14.0. The number of H-pyrrole nitrogens is 1. The summed E-state index contributed by atoms with van der Waals surface area (Å²) >= 11 is 0. The highest BCUT2D eigenvalue weighted by molar-refractivity contribution is 5.75. The zero-order valence-corrected chi connectivity index (χ0v) is 22.7. The molecule has 0 radical (unpaired) electrons. The van der Waals surface area contributed by atoms with Crippen LogP contribution in [0.15, 0.2) is 44.8 Å². The number of nitrogens with one attached hydrogen (secondary N) is 1. The van der Waals surface area contributed by atoms with Gasteiger partial charge in [-0.3, -0.25) is 19.5 Å². The van der Waals surface area contributed by atoms with Crippen LogP contribution in [0.4, 0.5) is 0 Å². The fraction of sp³-hybridized carbons (Fsp3) is 0.633. The molecular formula is C30H38N6O3. The molecule has 2 aliphatic heterocycles. The normalized spacial score (nSPS) is 32.8. The fourth-order valence-corrected chi connectivity index (χ4v) is 8.68. The van der Waals surface area contributed by atoms with E-state index >= 15 is 0 Å². The molecular weight excluding hydrogens is 492 g/mol. The van der Waals surface area contributed by atoms with Crippen LogP contribution in [0.3, 0.4) is 0 Å². The number of rotatable bonds is 4. The lowest BCUT2D eigenvalue weighted by Gasteiger charge is -2.54. The molecule has 39 heavy (non-hydrogen) atoms. The predicted molar refractivity (Wildman–Crippen MR) is 149 cm³/mol. The third-order valence-electron chi connectivity index (χ3n) is 10.3. The Morgan fingerprint density at radius 1 is 0.923 bits per heavy atom. The molecule has 7 atom stereocenters. The number of benzene rings is 1. The number of piperidine rings is 2.